The summed E-state index contributed by atoms with van der Waals surface area (Å²) >= 11 is 6.30. The van der Waals surface area contributed by atoms with E-state index in [4.69, 9.17) is 11.6 Å². The molecule has 1 unspecified atom stereocenters. The predicted octanol–water partition coefficient (Wildman–Crippen LogP) is 4.08. The minimum Gasteiger partial charge on any atom is -0.361 e. The van der Waals surface area contributed by atoms with Gasteiger partial charge in [0.05, 0.1) is 5.02 Å². The SMILES string of the molecule is COC(C)(C(=O)N(C)Cc1ccc(Cl)c(-c2nc(-c3ccccc3)nc(=O)[nH]2)c1)C(F)(F)F. The Bertz CT molecular complexity index is 1220. The van der Waals surface area contributed by atoms with Crippen LogP contribution in [0.15, 0.2) is 53.3 Å². The molecule has 2 aromatic carbocycles. The summed E-state index contributed by atoms with van der Waals surface area (Å²) in [5.74, 6) is -0.938. The number of nitrogens with one attached hydrogen (secondary N) is 1. The molecule has 7 nitrogen and oxygen atoms in total. The van der Waals surface area contributed by atoms with Crippen molar-refractivity contribution in [2.75, 3.05) is 14.2 Å². The molecule has 0 saturated carbocycles. The number of rotatable bonds is 6. The van der Waals surface area contributed by atoms with E-state index in [1.165, 1.54) is 19.2 Å². The Labute approximate surface area is 192 Å². The molecule has 1 N–H and O–H groups in total. The largest absolute Gasteiger partial charge is 0.426 e. The molecule has 11 heteroatoms. The van der Waals surface area contributed by atoms with Gasteiger partial charge in [-0.25, -0.2) is 9.78 Å². The van der Waals surface area contributed by atoms with Crippen molar-refractivity contribution in [1.82, 2.24) is 19.9 Å². The Morgan fingerprint density at radius 3 is 2.42 bits per heavy atom. The summed E-state index contributed by atoms with van der Waals surface area (Å²) in [6.07, 6.45) is -4.90. The number of hydrogen-bond donors (Lipinski definition) is 1. The van der Waals surface area contributed by atoms with E-state index in [-0.39, 0.29) is 23.2 Å². The number of benzene rings is 2. The van der Waals surface area contributed by atoms with E-state index in [2.05, 4.69) is 19.7 Å². The molecule has 1 amide bonds. The van der Waals surface area contributed by atoms with Crippen LogP contribution in [0.25, 0.3) is 22.8 Å². The number of likely N-dealkylation sites (N-methyl/N-ethyl adjacent to an activating group) is 1. The summed E-state index contributed by atoms with van der Waals surface area (Å²) in [7, 11) is 2.06. The lowest BCUT2D eigenvalue weighted by atomic mass is 10.0. The number of carbonyl (C=O) groups is 1. The van der Waals surface area contributed by atoms with Gasteiger partial charge in [0.2, 0.25) is 5.60 Å². The summed E-state index contributed by atoms with van der Waals surface area (Å²) < 4.78 is 44.6. The van der Waals surface area contributed by atoms with Crippen molar-refractivity contribution in [3.63, 3.8) is 0 Å². The van der Waals surface area contributed by atoms with Gasteiger partial charge in [-0.3, -0.25) is 9.78 Å². The fraction of sp³-hybridized carbons (Fsp3) is 0.273. The van der Waals surface area contributed by atoms with Gasteiger partial charge in [0.25, 0.3) is 5.91 Å². The van der Waals surface area contributed by atoms with Crippen molar-refractivity contribution in [3.8, 4) is 22.8 Å². The first-order chi connectivity index (χ1) is 15.5. The standard InChI is InChI=1S/C22H20ClF3N4O3/c1-21(33-3,22(24,25)26)19(31)30(2)12-13-9-10-16(23)15(11-13)18-27-17(28-20(32)29-18)14-7-5-4-6-8-14/h4-11H,12H2,1-3H3,(H,27,28,29,32). The van der Waals surface area contributed by atoms with Gasteiger partial charge in [-0.1, -0.05) is 48.0 Å². The molecule has 3 aromatic rings. The maximum atomic E-state index is 13.4. The van der Waals surface area contributed by atoms with Gasteiger partial charge in [-0.2, -0.15) is 18.2 Å². The lowest BCUT2D eigenvalue weighted by molar-refractivity contribution is -0.258. The van der Waals surface area contributed by atoms with Crippen LogP contribution in [-0.2, 0) is 16.1 Å². The van der Waals surface area contributed by atoms with E-state index in [9.17, 15) is 22.8 Å². The van der Waals surface area contributed by atoms with Crippen LogP contribution in [0.4, 0.5) is 13.2 Å². The van der Waals surface area contributed by atoms with Crippen molar-refractivity contribution in [2.45, 2.75) is 25.2 Å². The molecule has 0 aliphatic carbocycles. The van der Waals surface area contributed by atoms with Crippen LogP contribution in [0.3, 0.4) is 0 Å². The summed E-state index contributed by atoms with van der Waals surface area (Å²) in [6, 6.07) is 13.4. The summed E-state index contributed by atoms with van der Waals surface area (Å²) in [6.45, 7) is 0.509. The van der Waals surface area contributed by atoms with Crippen LogP contribution in [0.5, 0.6) is 0 Å². The zero-order valence-corrected chi connectivity index (χ0v) is 18.7. The lowest BCUT2D eigenvalue weighted by Crippen LogP contribution is -2.56. The summed E-state index contributed by atoms with van der Waals surface area (Å²) in [5, 5.41) is 0.248. The average molecular weight is 481 g/mol. The molecule has 0 bridgehead atoms. The molecule has 1 heterocycles. The van der Waals surface area contributed by atoms with Gasteiger partial charge in [0, 0.05) is 31.8 Å². The number of methoxy groups -OCH3 is 1. The van der Waals surface area contributed by atoms with Crippen LogP contribution >= 0.6 is 11.6 Å². The number of H-pyrrole nitrogens is 1. The van der Waals surface area contributed by atoms with Gasteiger partial charge >= 0.3 is 11.9 Å². The third kappa shape index (κ3) is 5.07. The fourth-order valence-corrected chi connectivity index (χ4v) is 3.32. The van der Waals surface area contributed by atoms with Gasteiger partial charge in [0.1, 0.15) is 5.82 Å². The highest BCUT2D eigenvalue weighted by Crippen LogP contribution is 2.35. The molecule has 1 aromatic heterocycles. The van der Waals surface area contributed by atoms with Crippen molar-refractivity contribution in [2.24, 2.45) is 0 Å². The van der Waals surface area contributed by atoms with Gasteiger partial charge in [-0.15, -0.1) is 0 Å². The van der Waals surface area contributed by atoms with Gasteiger partial charge in [-0.05, 0) is 24.6 Å². The number of aromatic amines is 1. The van der Waals surface area contributed by atoms with E-state index in [0.717, 1.165) is 12.0 Å². The smallest absolute Gasteiger partial charge is 0.361 e. The Kier molecular flexibility index (Phi) is 6.89. The molecule has 0 radical (unpaired) electrons. The van der Waals surface area contributed by atoms with Crippen molar-refractivity contribution >= 4 is 17.5 Å². The Hall–Kier alpha value is -3.24. The third-order valence-corrected chi connectivity index (χ3v) is 5.42. The molecule has 3 rings (SSSR count). The fourth-order valence-electron chi connectivity index (χ4n) is 3.11. The molecule has 0 spiro atoms. The quantitative estimate of drug-likeness (QED) is 0.574. The number of halogens is 4. The number of amides is 1. The number of ether oxygens (including phenoxy) is 1. The van der Waals surface area contributed by atoms with Crippen LogP contribution in [-0.4, -0.2) is 51.7 Å². The monoisotopic (exact) mass is 480 g/mol. The van der Waals surface area contributed by atoms with E-state index in [0.29, 0.717) is 23.6 Å². The maximum Gasteiger partial charge on any atom is 0.426 e. The van der Waals surface area contributed by atoms with Crippen molar-refractivity contribution in [3.05, 3.63) is 69.6 Å². The Balaban J connectivity index is 1.95. The second-order valence-electron chi connectivity index (χ2n) is 7.40. The molecular formula is C22H20ClF3N4O3. The molecule has 0 aliphatic rings. The molecule has 0 fully saturated rings. The molecule has 33 heavy (non-hydrogen) atoms. The zero-order chi connectivity index (χ0) is 24.4. The first-order valence-corrected chi connectivity index (χ1v) is 10.0. The average Bonchev–Trinajstić information content (AvgIpc) is 2.78. The molecule has 0 aliphatic heterocycles. The zero-order valence-electron chi connectivity index (χ0n) is 17.9. The van der Waals surface area contributed by atoms with Crippen LogP contribution in [0.1, 0.15) is 12.5 Å². The van der Waals surface area contributed by atoms with Gasteiger partial charge < -0.3 is 9.64 Å². The molecular weight excluding hydrogens is 461 g/mol. The maximum absolute atomic E-state index is 13.4. The highest BCUT2D eigenvalue weighted by atomic mass is 35.5. The Morgan fingerprint density at radius 2 is 1.82 bits per heavy atom. The van der Waals surface area contributed by atoms with E-state index in [1.807, 2.05) is 6.07 Å². The van der Waals surface area contributed by atoms with E-state index >= 15 is 0 Å². The van der Waals surface area contributed by atoms with E-state index < -0.39 is 23.4 Å². The number of aromatic nitrogens is 3. The minimum atomic E-state index is -4.90. The predicted molar refractivity (Wildman–Crippen MR) is 116 cm³/mol. The summed E-state index contributed by atoms with van der Waals surface area (Å²) in [5.41, 5.74) is -2.22. The second-order valence-corrected chi connectivity index (χ2v) is 7.81. The minimum absolute atomic E-state index is 0.131. The summed E-state index contributed by atoms with van der Waals surface area (Å²) in [4.78, 5) is 36.3. The first kappa shape index (κ1) is 24.4. The lowest BCUT2D eigenvalue weighted by Gasteiger charge is -2.33. The molecule has 0 saturated heterocycles. The van der Waals surface area contributed by atoms with Gasteiger partial charge in [0.15, 0.2) is 5.82 Å². The Morgan fingerprint density at radius 1 is 1.15 bits per heavy atom. The van der Waals surface area contributed by atoms with Crippen LogP contribution in [0, 0.1) is 0 Å². The first-order valence-electron chi connectivity index (χ1n) is 9.66. The number of nitrogens with zero attached hydrogens (tertiary/aromatic N) is 3. The second kappa shape index (κ2) is 9.32. The highest BCUT2D eigenvalue weighted by molar-refractivity contribution is 6.33. The van der Waals surface area contributed by atoms with Crippen molar-refractivity contribution < 1.29 is 22.7 Å². The number of carbonyl (C=O) groups excluding carboxylic acids is 1. The number of hydrogen-bond acceptors (Lipinski definition) is 5. The third-order valence-electron chi connectivity index (χ3n) is 5.09. The normalized spacial score (nSPS) is 13.4. The number of alkyl halides is 3. The molecule has 1 atom stereocenters. The molecule has 174 valence electrons. The highest BCUT2D eigenvalue weighted by Gasteiger charge is 2.58. The van der Waals surface area contributed by atoms with Crippen LogP contribution < -0.4 is 5.69 Å². The topological polar surface area (TPSA) is 88.2 Å². The van der Waals surface area contributed by atoms with E-state index in [1.54, 1.807) is 30.3 Å². The van der Waals surface area contributed by atoms with Crippen molar-refractivity contribution in [1.29, 1.82) is 0 Å². The van der Waals surface area contributed by atoms with Crippen LogP contribution in [0.2, 0.25) is 5.02 Å².